The normalized spacial score (nSPS) is 23.8. The number of carbonyl (C=O) groups excluding carboxylic acids is 1. The van der Waals surface area contributed by atoms with Crippen molar-refractivity contribution in [1.29, 1.82) is 0 Å². The first-order valence-corrected chi connectivity index (χ1v) is 10.9. The number of H-pyrrole nitrogens is 1. The Morgan fingerprint density at radius 2 is 2.21 bits per heavy atom. The first-order chi connectivity index (χ1) is 13.6. The lowest BCUT2D eigenvalue weighted by molar-refractivity contribution is -0.117. The molecule has 3 aliphatic rings. The molecule has 2 aliphatic heterocycles. The van der Waals surface area contributed by atoms with E-state index in [0.29, 0.717) is 17.9 Å². The largest absolute Gasteiger partial charge is 0.356 e. The van der Waals surface area contributed by atoms with Crippen LogP contribution in [-0.2, 0) is 4.79 Å². The maximum atomic E-state index is 12.2. The quantitative estimate of drug-likeness (QED) is 0.724. The first-order valence-electron chi connectivity index (χ1n) is 10.4. The average molecular weight is 395 g/mol. The zero-order valence-corrected chi connectivity index (χ0v) is 17.0. The van der Waals surface area contributed by atoms with Gasteiger partial charge in [-0.15, -0.1) is 0 Å². The second-order valence-corrected chi connectivity index (χ2v) is 8.78. The number of anilines is 1. The summed E-state index contributed by atoms with van der Waals surface area (Å²) in [7, 11) is 0. The van der Waals surface area contributed by atoms with Gasteiger partial charge < -0.3 is 15.2 Å². The third-order valence-corrected chi connectivity index (χ3v) is 6.64. The minimum Gasteiger partial charge on any atom is -0.356 e. The second kappa shape index (κ2) is 6.99. The van der Waals surface area contributed by atoms with Crippen LogP contribution in [0.3, 0.4) is 0 Å². The van der Waals surface area contributed by atoms with Gasteiger partial charge in [0, 0.05) is 29.6 Å². The van der Waals surface area contributed by atoms with E-state index >= 15 is 0 Å². The molecule has 146 valence electrons. The SMILES string of the molecule is CCCC(=S)N1C2C=C(c3cc(NC(=O)C4CC4)nc4[nH]ccc34)CC1CC2. The molecule has 1 saturated heterocycles. The summed E-state index contributed by atoms with van der Waals surface area (Å²) >= 11 is 5.72. The highest BCUT2D eigenvalue weighted by Gasteiger charge is 2.38. The molecule has 5 rings (SSSR count). The topological polar surface area (TPSA) is 61.0 Å². The minimum absolute atomic E-state index is 0.0955. The van der Waals surface area contributed by atoms with Gasteiger partial charge in [-0.05, 0) is 68.2 Å². The molecule has 2 bridgehead atoms. The lowest BCUT2D eigenvalue weighted by Gasteiger charge is -2.36. The summed E-state index contributed by atoms with van der Waals surface area (Å²) in [5.74, 6) is 0.916. The van der Waals surface area contributed by atoms with E-state index in [2.05, 4.69) is 45.3 Å². The Hall–Kier alpha value is -2.21. The van der Waals surface area contributed by atoms with Crippen molar-refractivity contribution in [3.8, 4) is 0 Å². The Bertz CT molecular complexity index is 974. The summed E-state index contributed by atoms with van der Waals surface area (Å²) in [5.41, 5.74) is 3.38. The minimum atomic E-state index is 0.0955. The third kappa shape index (κ3) is 3.13. The molecule has 2 unspecified atom stereocenters. The van der Waals surface area contributed by atoms with Crippen LogP contribution in [0.2, 0.25) is 0 Å². The number of amides is 1. The van der Waals surface area contributed by atoms with Crippen LogP contribution in [0.15, 0.2) is 24.4 Å². The third-order valence-electron chi connectivity index (χ3n) is 6.22. The van der Waals surface area contributed by atoms with Crippen LogP contribution in [0.1, 0.15) is 57.4 Å². The van der Waals surface area contributed by atoms with Crippen LogP contribution in [0, 0.1) is 5.92 Å². The fourth-order valence-electron chi connectivity index (χ4n) is 4.70. The Morgan fingerprint density at radius 1 is 1.36 bits per heavy atom. The second-order valence-electron chi connectivity index (χ2n) is 8.30. The highest BCUT2D eigenvalue weighted by Crippen LogP contribution is 2.41. The lowest BCUT2D eigenvalue weighted by atomic mass is 9.93. The molecular weight excluding hydrogens is 368 g/mol. The summed E-state index contributed by atoms with van der Waals surface area (Å²) in [6.45, 7) is 2.19. The van der Waals surface area contributed by atoms with Gasteiger partial charge in [0.05, 0.1) is 4.99 Å². The molecule has 4 heterocycles. The highest BCUT2D eigenvalue weighted by atomic mass is 32.1. The van der Waals surface area contributed by atoms with Crippen LogP contribution in [0.25, 0.3) is 16.6 Å². The van der Waals surface area contributed by atoms with E-state index in [4.69, 9.17) is 12.2 Å². The number of fused-ring (bicyclic) bond motifs is 3. The zero-order chi connectivity index (χ0) is 19.3. The van der Waals surface area contributed by atoms with Gasteiger partial charge in [-0.2, -0.15) is 0 Å². The van der Waals surface area contributed by atoms with Crippen molar-refractivity contribution in [3.63, 3.8) is 0 Å². The van der Waals surface area contributed by atoms with Crippen LogP contribution >= 0.6 is 12.2 Å². The molecule has 1 amide bonds. The Labute approximate surface area is 170 Å². The van der Waals surface area contributed by atoms with Crippen molar-refractivity contribution in [3.05, 3.63) is 30.0 Å². The van der Waals surface area contributed by atoms with E-state index < -0.39 is 0 Å². The van der Waals surface area contributed by atoms with Crippen LogP contribution in [0.4, 0.5) is 5.82 Å². The number of nitrogens with one attached hydrogen (secondary N) is 2. The molecule has 28 heavy (non-hydrogen) atoms. The molecule has 5 nitrogen and oxygen atoms in total. The molecule has 0 spiro atoms. The summed E-state index contributed by atoms with van der Waals surface area (Å²) in [6.07, 6.45) is 11.8. The van der Waals surface area contributed by atoms with Gasteiger partial charge in [-0.3, -0.25) is 4.79 Å². The number of carbonyl (C=O) groups is 1. The number of pyridine rings is 1. The smallest absolute Gasteiger partial charge is 0.228 e. The highest BCUT2D eigenvalue weighted by molar-refractivity contribution is 7.80. The fraction of sp³-hybridized carbons (Fsp3) is 0.500. The Balaban J connectivity index is 1.49. The van der Waals surface area contributed by atoms with Gasteiger partial charge in [0.25, 0.3) is 0 Å². The number of hydrogen-bond donors (Lipinski definition) is 2. The first kappa shape index (κ1) is 17.9. The number of aromatic nitrogens is 2. The van der Waals surface area contributed by atoms with E-state index in [1.54, 1.807) is 0 Å². The maximum absolute atomic E-state index is 12.2. The van der Waals surface area contributed by atoms with Gasteiger partial charge in [0.1, 0.15) is 11.5 Å². The molecule has 1 saturated carbocycles. The van der Waals surface area contributed by atoms with Crippen molar-refractivity contribution >= 4 is 45.5 Å². The summed E-state index contributed by atoms with van der Waals surface area (Å²) in [6, 6.07) is 5.04. The molecule has 0 radical (unpaired) electrons. The number of hydrogen-bond acceptors (Lipinski definition) is 3. The van der Waals surface area contributed by atoms with Crippen LogP contribution in [0.5, 0.6) is 0 Å². The van der Waals surface area contributed by atoms with Crippen molar-refractivity contribution in [2.75, 3.05) is 5.32 Å². The predicted octanol–water partition coefficient (Wildman–Crippen LogP) is 4.66. The molecule has 2 N–H and O–H groups in total. The molecule has 2 aromatic rings. The van der Waals surface area contributed by atoms with Gasteiger partial charge in [0.2, 0.25) is 5.91 Å². The monoisotopic (exact) mass is 394 g/mol. The van der Waals surface area contributed by atoms with Crippen molar-refractivity contribution < 1.29 is 4.79 Å². The van der Waals surface area contributed by atoms with Crippen molar-refractivity contribution in [2.45, 2.75) is 64.0 Å². The lowest BCUT2D eigenvalue weighted by Crippen LogP contribution is -2.41. The van der Waals surface area contributed by atoms with Gasteiger partial charge in [0.15, 0.2) is 0 Å². The molecule has 1 aliphatic carbocycles. The number of rotatable bonds is 5. The Kier molecular flexibility index (Phi) is 4.46. The fourth-order valence-corrected chi connectivity index (χ4v) is 5.19. The zero-order valence-electron chi connectivity index (χ0n) is 16.2. The van der Waals surface area contributed by atoms with Crippen LogP contribution < -0.4 is 5.32 Å². The summed E-state index contributed by atoms with van der Waals surface area (Å²) in [5, 5.41) is 4.14. The van der Waals surface area contributed by atoms with E-state index in [-0.39, 0.29) is 11.8 Å². The summed E-state index contributed by atoms with van der Waals surface area (Å²) in [4.78, 5) is 23.7. The van der Waals surface area contributed by atoms with Gasteiger partial charge in [-0.25, -0.2) is 4.98 Å². The number of thiocarbonyl (C=S) groups is 1. The van der Waals surface area contributed by atoms with Gasteiger partial charge in [-0.1, -0.05) is 25.2 Å². The van der Waals surface area contributed by atoms with Crippen molar-refractivity contribution in [2.24, 2.45) is 5.92 Å². The predicted molar refractivity (Wildman–Crippen MR) is 116 cm³/mol. The molecule has 0 aromatic carbocycles. The Morgan fingerprint density at radius 3 is 2.96 bits per heavy atom. The molecule has 2 atom stereocenters. The number of nitrogens with zero attached hydrogens (tertiary/aromatic N) is 2. The molecule has 6 heteroatoms. The summed E-state index contributed by atoms with van der Waals surface area (Å²) < 4.78 is 0. The van der Waals surface area contributed by atoms with E-state index in [0.717, 1.165) is 48.1 Å². The molecular formula is C22H26N4OS. The molecule has 2 fully saturated rings. The maximum Gasteiger partial charge on any atom is 0.228 e. The molecule has 2 aromatic heterocycles. The standard InChI is InChI=1S/C22H26N4OS/c1-2-3-20(28)26-15-6-7-16(26)11-14(10-15)18-12-19(25-22(27)13-4-5-13)24-21-17(18)8-9-23-21/h8-10,12-13,15-16H,2-7,11H2,1H3,(H2,23,24,25,27). The number of aromatic amines is 1. The van der Waals surface area contributed by atoms with E-state index in [9.17, 15) is 4.79 Å². The average Bonchev–Trinajstić information content (AvgIpc) is 3.37. The van der Waals surface area contributed by atoms with Gasteiger partial charge >= 0.3 is 0 Å². The van der Waals surface area contributed by atoms with Crippen molar-refractivity contribution in [1.82, 2.24) is 14.9 Å². The van der Waals surface area contributed by atoms with E-state index in [1.807, 2.05) is 6.20 Å². The van der Waals surface area contributed by atoms with Crippen LogP contribution in [-0.4, -0.2) is 37.8 Å². The van der Waals surface area contributed by atoms with E-state index in [1.165, 1.54) is 24.0 Å².